The van der Waals surface area contributed by atoms with Crippen LogP contribution in [0.3, 0.4) is 0 Å². The Bertz CT molecular complexity index is 662. The molecule has 120 valence electrons. The molecule has 0 aliphatic rings. The highest BCUT2D eigenvalue weighted by molar-refractivity contribution is 7.85. The number of benzene rings is 1. The SMILES string of the molecule is CCCC[n+]1ccc(C)cc1.Cc1ccc(S(=O)(=O)[O-])cc1. The van der Waals surface area contributed by atoms with E-state index < -0.39 is 10.1 Å². The van der Waals surface area contributed by atoms with Gasteiger partial charge in [0.15, 0.2) is 12.4 Å². The Morgan fingerprint density at radius 1 is 0.955 bits per heavy atom. The largest absolute Gasteiger partial charge is 0.744 e. The lowest BCUT2D eigenvalue weighted by Crippen LogP contribution is -2.32. The summed E-state index contributed by atoms with van der Waals surface area (Å²) in [6.07, 6.45) is 6.82. The van der Waals surface area contributed by atoms with E-state index in [0.29, 0.717) is 0 Å². The van der Waals surface area contributed by atoms with Gasteiger partial charge in [0, 0.05) is 18.6 Å². The van der Waals surface area contributed by atoms with Gasteiger partial charge in [0.1, 0.15) is 16.7 Å². The first kappa shape index (κ1) is 18.3. The zero-order valence-electron chi connectivity index (χ0n) is 13.3. The van der Waals surface area contributed by atoms with Gasteiger partial charge in [-0.2, -0.15) is 0 Å². The Morgan fingerprint density at radius 2 is 1.45 bits per heavy atom. The van der Waals surface area contributed by atoms with Gasteiger partial charge in [0.05, 0.1) is 4.90 Å². The van der Waals surface area contributed by atoms with Crippen LogP contribution < -0.4 is 4.57 Å². The number of pyridine rings is 1. The Balaban J connectivity index is 0.000000220. The van der Waals surface area contributed by atoms with E-state index in [1.165, 1.54) is 30.5 Å². The molecule has 22 heavy (non-hydrogen) atoms. The van der Waals surface area contributed by atoms with E-state index in [1.54, 1.807) is 12.1 Å². The first-order chi connectivity index (χ1) is 10.3. The predicted octanol–water partition coefficient (Wildman–Crippen LogP) is 2.98. The third-order valence-electron chi connectivity index (χ3n) is 3.14. The van der Waals surface area contributed by atoms with Gasteiger partial charge in [0.25, 0.3) is 0 Å². The number of unbranched alkanes of at least 4 members (excludes halogenated alkanes) is 1. The summed E-state index contributed by atoms with van der Waals surface area (Å²) in [5, 5.41) is 0. The van der Waals surface area contributed by atoms with Gasteiger partial charge in [-0.25, -0.2) is 13.0 Å². The minimum absolute atomic E-state index is 0.178. The van der Waals surface area contributed by atoms with Crippen molar-refractivity contribution in [2.24, 2.45) is 0 Å². The summed E-state index contributed by atoms with van der Waals surface area (Å²) in [7, 11) is -4.27. The molecule has 1 aromatic carbocycles. The monoisotopic (exact) mass is 321 g/mol. The topological polar surface area (TPSA) is 61.1 Å². The number of aromatic nitrogens is 1. The van der Waals surface area contributed by atoms with Gasteiger partial charge in [0.2, 0.25) is 0 Å². The van der Waals surface area contributed by atoms with Crippen molar-refractivity contribution in [1.82, 2.24) is 0 Å². The van der Waals surface area contributed by atoms with E-state index >= 15 is 0 Å². The third-order valence-corrected chi connectivity index (χ3v) is 3.99. The van der Waals surface area contributed by atoms with Crippen LogP contribution in [0, 0.1) is 13.8 Å². The van der Waals surface area contributed by atoms with Crippen LogP contribution in [0.1, 0.15) is 30.9 Å². The van der Waals surface area contributed by atoms with E-state index in [2.05, 4.69) is 42.9 Å². The van der Waals surface area contributed by atoms with E-state index in [1.807, 2.05) is 6.92 Å². The van der Waals surface area contributed by atoms with Gasteiger partial charge in [-0.3, -0.25) is 0 Å². The summed E-state index contributed by atoms with van der Waals surface area (Å²) in [4.78, 5) is -0.178. The van der Waals surface area contributed by atoms with Crippen molar-refractivity contribution in [3.63, 3.8) is 0 Å². The van der Waals surface area contributed by atoms with Crippen molar-refractivity contribution in [2.75, 3.05) is 0 Å². The van der Waals surface area contributed by atoms with Crippen LogP contribution in [0.4, 0.5) is 0 Å². The molecule has 0 bridgehead atoms. The zero-order valence-corrected chi connectivity index (χ0v) is 14.1. The Kier molecular flexibility index (Phi) is 7.21. The van der Waals surface area contributed by atoms with Crippen LogP contribution in [0.15, 0.2) is 53.7 Å². The molecule has 0 unspecified atom stereocenters. The molecule has 0 fully saturated rings. The fraction of sp³-hybridized carbons (Fsp3) is 0.353. The van der Waals surface area contributed by atoms with Crippen LogP contribution >= 0.6 is 0 Å². The van der Waals surface area contributed by atoms with E-state index in [0.717, 1.165) is 12.1 Å². The summed E-state index contributed by atoms with van der Waals surface area (Å²) >= 11 is 0. The molecule has 0 amide bonds. The first-order valence-corrected chi connectivity index (χ1v) is 8.72. The summed E-state index contributed by atoms with van der Waals surface area (Å²) < 4.78 is 33.4. The maximum atomic E-state index is 10.4. The van der Waals surface area contributed by atoms with E-state index in [9.17, 15) is 13.0 Å². The average molecular weight is 321 g/mol. The number of nitrogens with zero attached hydrogens (tertiary/aromatic N) is 1. The van der Waals surface area contributed by atoms with Gasteiger partial charge in [-0.1, -0.05) is 31.0 Å². The minimum Gasteiger partial charge on any atom is -0.744 e. The highest BCUT2D eigenvalue weighted by Gasteiger charge is 1.98. The van der Waals surface area contributed by atoms with Crippen molar-refractivity contribution in [1.29, 1.82) is 0 Å². The van der Waals surface area contributed by atoms with Crippen LogP contribution in [0.5, 0.6) is 0 Å². The van der Waals surface area contributed by atoms with Crippen molar-refractivity contribution in [2.45, 2.75) is 45.1 Å². The van der Waals surface area contributed by atoms with Crippen LogP contribution in [0.25, 0.3) is 0 Å². The molecule has 4 nitrogen and oxygen atoms in total. The smallest absolute Gasteiger partial charge is 0.169 e. The van der Waals surface area contributed by atoms with Crippen LogP contribution in [-0.4, -0.2) is 13.0 Å². The maximum absolute atomic E-state index is 10.4. The summed E-state index contributed by atoms with van der Waals surface area (Å²) in [6.45, 7) is 7.30. The molecule has 0 atom stereocenters. The van der Waals surface area contributed by atoms with Crippen LogP contribution in [-0.2, 0) is 16.7 Å². The molecular formula is C17H23NO3S. The molecule has 0 aliphatic heterocycles. The highest BCUT2D eigenvalue weighted by atomic mass is 32.2. The first-order valence-electron chi connectivity index (χ1n) is 7.31. The molecule has 0 radical (unpaired) electrons. The fourth-order valence-electron chi connectivity index (χ4n) is 1.73. The number of hydrogen-bond acceptors (Lipinski definition) is 3. The molecule has 2 aromatic rings. The standard InChI is InChI=1S/C10H16N.C7H8O3S/c1-3-4-7-11-8-5-10(2)6-9-11;1-6-2-4-7(5-3-6)11(8,9)10/h5-6,8-9H,3-4,7H2,1-2H3;2-5H,1H3,(H,8,9,10)/q+1;/p-1. The van der Waals surface area contributed by atoms with Crippen molar-refractivity contribution < 1.29 is 17.5 Å². The molecule has 5 heteroatoms. The average Bonchev–Trinajstić information content (AvgIpc) is 2.47. The molecule has 1 aromatic heterocycles. The minimum atomic E-state index is -4.27. The summed E-state index contributed by atoms with van der Waals surface area (Å²) in [6, 6.07) is 10.1. The molecule has 2 rings (SSSR count). The van der Waals surface area contributed by atoms with Crippen molar-refractivity contribution in [3.05, 3.63) is 59.9 Å². The van der Waals surface area contributed by atoms with E-state index in [4.69, 9.17) is 0 Å². The van der Waals surface area contributed by atoms with Gasteiger partial charge in [-0.05, 0) is 31.5 Å². The quantitative estimate of drug-likeness (QED) is 0.642. The molecule has 0 saturated carbocycles. The lowest BCUT2D eigenvalue weighted by atomic mass is 10.2. The van der Waals surface area contributed by atoms with Gasteiger partial charge < -0.3 is 4.55 Å². The lowest BCUT2D eigenvalue weighted by Gasteiger charge is -2.05. The molecular weight excluding hydrogens is 298 g/mol. The number of aryl methyl sites for hydroxylation is 3. The fourth-order valence-corrected chi connectivity index (χ4v) is 2.20. The van der Waals surface area contributed by atoms with Crippen molar-refractivity contribution >= 4 is 10.1 Å². The molecule has 0 aliphatic carbocycles. The molecule has 1 heterocycles. The normalized spacial score (nSPS) is 10.7. The second-order valence-electron chi connectivity index (χ2n) is 5.23. The highest BCUT2D eigenvalue weighted by Crippen LogP contribution is 2.08. The predicted molar refractivity (Wildman–Crippen MR) is 85.4 cm³/mol. The molecule has 0 spiro atoms. The molecule has 0 N–H and O–H groups in total. The Hall–Kier alpha value is -1.72. The Labute approximate surface area is 133 Å². The second-order valence-corrected chi connectivity index (χ2v) is 6.61. The zero-order chi connectivity index (χ0) is 16.6. The number of hydrogen-bond donors (Lipinski definition) is 0. The van der Waals surface area contributed by atoms with Crippen LogP contribution in [0.2, 0.25) is 0 Å². The Morgan fingerprint density at radius 3 is 1.91 bits per heavy atom. The van der Waals surface area contributed by atoms with Gasteiger partial charge >= 0.3 is 0 Å². The number of rotatable bonds is 4. The maximum Gasteiger partial charge on any atom is 0.169 e. The molecule has 0 saturated heterocycles. The summed E-state index contributed by atoms with van der Waals surface area (Å²) in [5.41, 5.74) is 2.26. The second kappa shape index (κ2) is 8.66. The lowest BCUT2D eigenvalue weighted by molar-refractivity contribution is -0.697. The van der Waals surface area contributed by atoms with Gasteiger partial charge in [-0.15, -0.1) is 0 Å². The van der Waals surface area contributed by atoms with Crippen molar-refractivity contribution in [3.8, 4) is 0 Å². The van der Waals surface area contributed by atoms with E-state index in [-0.39, 0.29) is 4.90 Å². The summed E-state index contributed by atoms with van der Waals surface area (Å²) in [5.74, 6) is 0. The third kappa shape index (κ3) is 6.83.